The number of nitrogens with zero attached hydrogens (tertiary/aromatic N) is 2. The van der Waals surface area contributed by atoms with Gasteiger partial charge < -0.3 is 9.47 Å². The molecule has 1 heterocycles. The standard InChI is InChI=1S/C17H11FN2O5/c1-24-15-6-5-11(9-14(15)20(22)23)16-19-13(17(21)25-16)8-10-3-2-4-12(18)7-10/h2-9H,1H3. The van der Waals surface area contributed by atoms with Crippen LogP contribution in [0.25, 0.3) is 6.08 Å². The van der Waals surface area contributed by atoms with E-state index in [0.717, 1.165) is 0 Å². The number of hydrogen-bond acceptors (Lipinski definition) is 6. The van der Waals surface area contributed by atoms with E-state index in [9.17, 15) is 19.3 Å². The predicted molar refractivity (Wildman–Crippen MR) is 86.7 cm³/mol. The molecule has 3 rings (SSSR count). The average molecular weight is 342 g/mol. The van der Waals surface area contributed by atoms with Crippen LogP contribution in [0.2, 0.25) is 0 Å². The lowest BCUT2D eigenvalue weighted by Gasteiger charge is -2.03. The van der Waals surface area contributed by atoms with Crippen molar-refractivity contribution in [2.45, 2.75) is 0 Å². The fourth-order valence-electron chi connectivity index (χ4n) is 2.25. The van der Waals surface area contributed by atoms with E-state index in [0.29, 0.717) is 5.56 Å². The molecule has 0 fully saturated rings. The zero-order valence-corrected chi connectivity index (χ0v) is 12.9. The number of carbonyl (C=O) groups is 1. The number of nitro groups is 1. The van der Waals surface area contributed by atoms with E-state index >= 15 is 0 Å². The molecular formula is C17H11FN2O5. The Hall–Kier alpha value is -3.55. The third kappa shape index (κ3) is 3.37. The molecule has 0 aliphatic carbocycles. The van der Waals surface area contributed by atoms with Crippen LogP contribution in [-0.2, 0) is 9.53 Å². The van der Waals surface area contributed by atoms with Crippen molar-refractivity contribution in [3.05, 3.63) is 75.2 Å². The van der Waals surface area contributed by atoms with Crippen molar-refractivity contribution >= 4 is 23.6 Å². The summed E-state index contributed by atoms with van der Waals surface area (Å²) in [6.45, 7) is 0. The van der Waals surface area contributed by atoms with Gasteiger partial charge in [-0.3, -0.25) is 10.1 Å². The van der Waals surface area contributed by atoms with Crippen molar-refractivity contribution in [3.8, 4) is 5.75 Å². The Kier molecular flexibility index (Phi) is 4.25. The van der Waals surface area contributed by atoms with Crippen LogP contribution in [0.15, 0.2) is 53.2 Å². The first-order chi connectivity index (χ1) is 12.0. The number of hydrogen-bond donors (Lipinski definition) is 0. The Morgan fingerprint density at radius 2 is 2.08 bits per heavy atom. The molecule has 0 saturated carbocycles. The van der Waals surface area contributed by atoms with Crippen LogP contribution in [0.5, 0.6) is 5.75 Å². The number of aliphatic imine (C=N–C) groups is 1. The Morgan fingerprint density at radius 1 is 1.28 bits per heavy atom. The molecular weight excluding hydrogens is 331 g/mol. The second kappa shape index (κ2) is 6.52. The maximum absolute atomic E-state index is 13.2. The highest BCUT2D eigenvalue weighted by Crippen LogP contribution is 2.29. The lowest BCUT2D eigenvalue weighted by Crippen LogP contribution is -2.06. The van der Waals surface area contributed by atoms with Gasteiger partial charge in [-0.15, -0.1) is 0 Å². The summed E-state index contributed by atoms with van der Waals surface area (Å²) in [6, 6.07) is 9.71. The Morgan fingerprint density at radius 3 is 2.76 bits per heavy atom. The van der Waals surface area contributed by atoms with E-state index in [-0.39, 0.29) is 28.6 Å². The second-order valence-electron chi connectivity index (χ2n) is 5.03. The summed E-state index contributed by atoms with van der Waals surface area (Å²) < 4.78 is 23.2. The molecule has 0 unspecified atom stereocenters. The molecule has 0 amide bonds. The minimum Gasteiger partial charge on any atom is -0.490 e. The smallest absolute Gasteiger partial charge is 0.363 e. The fraction of sp³-hybridized carbons (Fsp3) is 0.0588. The number of methoxy groups -OCH3 is 1. The van der Waals surface area contributed by atoms with Crippen LogP contribution >= 0.6 is 0 Å². The average Bonchev–Trinajstić information content (AvgIpc) is 2.95. The third-order valence-electron chi connectivity index (χ3n) is 3.40. The van der Waals surface area contributed by atoms with Crippen LogP contribution in [0, 0.1) is 15.9 Å². The largest absolute Gasteiger partial charge is 0.490 e. The lowest BCUT2D eigenvalue weighted by molar-refractivity contribution is -0.385. The molecule has 7 nitrogen and oxygen atoms in total. The fourth-order valence-corrected chi connectivity index (χ4v) is 2.25. The van der Waals surface area contributed by atoms with Gasteiger partial charge in [0.2, 0.25) is 5.90 Å². The third-order valence-corrected chi connectivity index (χ3v) is 3.40. The SMILES string of the molecule is COc1ccc(C2=NC(=Cc3cccc(F)c3)C(=O)O2)cc1[N+](=O)[O-]. The Labute approximate surface area is 141 Å². The molecule has 2 aromatic rings. The molecule has 2 aromatic carbocycles. The van der Waals surface area contributed by atoms with Crippen LogP contribution in [0.1, 0.15) is 11.1 Å². The van der Waals surface area contributed by atoms with Crippen molar-refractivity contribution in [3.63, 3.8) is 0 Å². The first kappa shape index (κ1) is 16.3. The zero-order valence-electron chi connectivity index (χ0n) is 12.9. The maximum atomic E-state index is 13.2. The number of esters is 1. The summed E-state index contributed by atoms with van der Waals surface area (Å²) in [6.07, 6.45) is 1.37. The van der Waals surface area contributed by atoms with Gasteiger partial charge in [-0.25, -0.2) is 14.2 Å². The van der Waals surface area contributed by atoms with Crippen LogP contribution in [0.4, 0.5) is 10.1 Å². The van der Waals surface area contributed by atoms with Crippen molar-refractivity contribution in [2.75, 3.05) is 7.11 Å². The van der Waals surface area contributed by atoms with Gasteiger partial charge in [-0.2, -0.15) is 0 Å². The first-order valence-corrected chi connectivity index (χ1v) is 7.09. The highest BCUT2D eigenvalue weighted by molar-refractivity contribution is 6.13. The van der Waals surface area contributed by atoms with Crippen molar-refractivity contribution in [1.29, 1.82) is 0 Å². The molecule has 0 saturated heterocycles. The topological polar surface area (TPSA) is 91.0 Å². The molecule has 126 valence electrons. The van der Waals surface area contributed by atoms with Crippen molar-refractivity contribution in [2.24, 2.45) is 4.99 Å². The first-order valence-electron chi connectivity index (χ1n) is 7.09. The highest BCUT2D eigenvalue weighted by Gasteiger charge is 2.26. The van der Waals surface area contributed by atoms with E-state index in [1.54, 1.807) is 6.07 Å². The lowest BCUT2D eigenvalue weighted by atomic mass is 10.2. The van der Waals surface area contributed by atoms with Gasteiger partial charge in [-0.05, 0) is 35.9 Å². The Balaban J connectivity index is 1.98. The minimum atomic E-state index is -0.724. The van der Waals surface area contributed by atoms with Gasteiger partial charge >= 0.3 is 11.7 Å². The zero-order chi connectivity index (χ0) is 18.0. The number of ether oxygens (including phenoxy) is 2. The van der Waals surface area contributed by atoms with E-state index < -0.39 is 16.7 Å². The van der Waals surface area contributed by atoms with Crippen molar-refractivity contribution < 1.29 is 23.6 Å². The molecule has 25 heavy (non-hydrogen) atoms. The molecule has 1 aliphatic heterocycles. The summed E-state index contributed by atoms with van der Waals surface area (Å²) in [5.41, 5.74) is 0.390. The summed E-state index contributed by atoms with van der Waals surface area (Å²) in [4.78, 5) is 26.4. The Bertz CT molecular complexity index is 936. The van der Waals surface area contributed by atoms with Crippen molar-refractivity contribution in [1.82, 2.24) is 0 Å². The number of carbonyl (C=O) groups excluding carboxylic acids is 1. The van der Waals surface area contributed by atoms with Gasteiger partial charge in [0.1, 0.15) is 5.82 Å². The van der Waals surface area contributed by atoms with E-state index in [1.807, 2.05) is 0 Å². The molecule has 0 spiro atoms. The van der Waals surface area contributed by atoms with Gasteiger partial charge in [-0.1, -0.05) is 12.1 Å². The quantitative estimate of drug-likeness (QED) is 0.368. The van der Waals surface area contributed by atoms with Gasteiger partial charge in [0, 0.05) is 11.6 Å². The highest BCUT2D eigenvalue weighted by atomic mass is 19.1. The summed E-state index contributed by atoms with van der Waals surface area (Å²) in [5, 5.41) is 11.1. The van der Waals surface area contributed by atoms with Crippen LogP contribution in [0.3, 0.4) is 0 Å². The number of halogens is 1. The molecule has 0 radical (unpaired) electrons. The molecule has 0 atom stereocenters. The van der Waals surface area contributed by atoms with E-state index in [4.69, 9.17) is 9.47 Å². The molecule has 0 N–H and O–H groups in total. The number of benzene rings is 2. The van der Waals surface area contributed by atoms with Gasteiger partial charge in [0.25, 0.3) is 0 Å². The van der Waals surface area contributed by atoms with Gasteiger partial charge in [0.05, 0.1) is 12.0 Å². The predicted octanol–water partition coefficient (Wildman–Crippen LogP) is 3.09. The molecule has 1 aliphatic rings. The number of cyclic esters (lactones) is 1. The molecule has 8 heteroatoms. The van der Waals surface area contributed by atoms with Crippen LogP contribution in [-0.4, -0.2) is 23.9 Å². The monoisotopic (exact) mass is 342 g/mol. The summed E-state index contributed by atoms with van der Waals surface area (Å²) >= 11 is 0. The van der Waals surface area contributed by atoms with Crippen LogP contribution < -0.4 is 4.74 Å². The second-order valence-corrected chi connectivity index (χ2v) is 5.03. The maximum Gasteiger partial charge on any atom is 0.363 e. The number of rotatable bonds is 4. The summed E-state index contributed by atoms with van der Waals surface area (Å²) in [5.74, 6) is -1.17. The minimum absolute atomic E-state index is 0.0286. The van der Waals surface area contributed by atoms with E-state index in [2.05, 4.69) is 4.99 Å². The summed E-state index contributed by atoms with van der Waals surface area (Å²) in [7, 11) is 1.31. The van der Waals surface area contributed by atoms with Gasteiger partial charge in [0.15, 0.2) is 11.4 Å². The van der Waals surface area contributed by atoms with E-state index in [1.165, 1.54) is 49.6 Å². The normalized spacial score (nSPS) is 15.0. The molecule has 0 bridgehead atoms. The number of nitro benzene ring substituents is 1. The molecule has 0 aromatic heterocycles.